The highest BCUT2D eigenvalue weighted by atomic mass is 16.5. The Kier molecular flexibility index (Phi) is 6.78. The van der Waals surface area contributed by atoms with Gasteiger partial charge in [-0.1, -0.05) is 30.3 Å². The molecule has 0 saturated heterocycles. The SMILES string of the molecule is CCOCCOc1cc(C)c2c(c1)COc1ccc(CCc3ccc([C@H]4C[C@@H]4C(=O)O)cc3)cc1-2. The molecule has 1 N–H and O–H groups in total. The maximum absolute atomic E-state index is 11.1. The summed E-state index contributed by atoms with van der Waals surface area (Å²) in [5.41, 5.74) is 8.40. The molecule has 1 heterocycles. The van der Waals surface area contributed by atoms with E-state index in [9.17, 15) is 4.79 Å². The summed E-state index contributed by atoms with van der Waals surface area (Å²) >= 11 is 0. The van der Waals surface area contributed by atoms with Crippen LogP contribution in [0.5, 0.6) is 11.5 Å². The van der Waals surface area contributed by atoms with Gasteiger partial charge in [0.1, 0.15) is 24.7 Å². The fourth-order valence-corrected chi connectivity index (χ4v) is 5.04. The zero-order valence-corrected chi connectivity index (χ0v) is 20.4. The summed E-state index contributed by atoms with van der Waals surface area (Å²) in [4.78, 5) is 11.1. The Labute approximate surface area is 206 Å². The third-order valence-electron chi connectivity index (χ3n) is 7.01. The summed E-state index contributed by atoms with van der Waals surface area (Å²) in [6.45, 7) is 6.47. The van der Waals surface area contributed by atoms with E-state index in [0.29, 0.717) is 26.4 Å². The summed E-state index contributed by atoms with van der Waals surface area (Å²) in [6.07, 6.45) is 2.62. The van der Waals surface area contributed by atoms with Crippen LogP contribution < -0.4 is 9.47 Å². The number of ether oxygens (including phenoxy) is 3. The van der Waals surface area contributed by atoms with Crippen molar-refractivity contribution in [1.29, 1.82) is 0 Å². The van der Waals surface area contributed by atoms with E-state index < -0.39 is 5.97 Å². The van der Waals surface area contributed by atoms with E-state index >= 15 is 0 Å². The second-order valence-corrected chi connectivity index (χ2v) is 9.47. The van der Waals surface area contributed by atoms with E-state index in [1.807, 2.05) is 6.92 Å². The van der Waals surface area contributed by atoms with Crippen LogP contribution in [0.25, 0.3) is 11.1 Å². The first-order chi connectivity index (χ1) is 17.0. The van der Waals surface area contributed by atoms with Crippen molar-refractivity contribution >= 4 is 5.97 Å². The first-order valence-corrected chi connectivity index (χ1v) is 12.4. The molecule has 0 spiro atoms. The minimum absolute atomic E-state index is 0.182. The van der Waals surface area contributed by atoms with Crippen LogP contribution in [0.15, 0.2) is 54.6 Å². The minimum Gasteiger partial charge on any atom is -0.491 e. The topological polar surface area (TPSA) is 65.0 Å². The highest BCUT2D eigenvalue weighted by Gasteiger charge is 2.43. The van der Waals surface area contributed by atoms with Crippen LogP contribution in [0.1, 0.15) is 47.1 Å². The van der Waals surface area contributed by atoms with Crippen LogP contribution >= 0.6 is 0 Å². The Balaban J connectivity index is 1.27. The predicted octanol–water partition coefficient (Wildman–Crippen LogP) is 5.94. The lowest BCUT2D eigenvalue weighted by Gasteiger charge is -2.24. The van der Waals surface area contributed by atoms with E-state index in [0.717, 1.165) is 47.5 Å². The van der Waals surface area contributed by atoms with Crippen LogP contribution in [-0.4, -0.2) is 30.9 Å². The minimum atomic E-state index is -0.683. The molecule has 35 heavy (non-hydrogen) atoms. The predicted molar refractivity (Wildman–Crippen MR) is 135 cm³/mol. The summed E-state index contributed by atoms with van der Waals surface area (Å²) in [6, 6.07) is 19.1. The van der Waals surface area contributed by atoms with Crippen molar-refractivity contribution in [1.82, 2.24) is 0 Å². The number of carboxylic acid groups (broad SMARTS) is 1. The molecule has 1 aliphatic heterocycles. The maximum Gasteiger partial charge on any atom is 0.307 e. The smallest absolute Gasteiger partial charge is 0.307 e. The molecule has 0 unspecified atom stereocenters. The van der Waals surface area contributed by atoms with Crippen molar-refractivity contribution < 1.29 is 24.1 Å². The number of fused-ring (bicyclic) bond motifs is 3. The quantitative estimate of drug-likeness (QED) is 0.370. The van der Waals surface area contributed by atoms with Crippen LogP contribution in [0, 0.1) is 12.8 Å². The lowest BCUT2D eigenvalue weighted by atomic mass is 9.90. The van der Waals surface area contributed by atoms with E-state index in [-0.39, 0.29) is 11.8 Å². The molecule has 3 aromatic carbocycles. The van der Waals surface area contributed by atoms with Crippen molar-refractivity contribution in [2.75, 3.05) is 19.8 Å². The number of hydrogen-bond acceptors (Lipinski definition) is 4. The summed E-state index contributed by atoms with van der Waals surface area (Å²) < 4.78 is 17.3. The number of benzene rings is 3. The van der Waals surface area contributed by atoms with Gasteiger partial charge in [-0.05, 0) is 91.1 Å². The van der Waals surface area contributed by atoms with Crippen molar-refractivity contribution in [2.24, 2.45) is 5.92 Å². The highest BCUT2D eigenvalue weighted by molar-refractivity contribution is 5.79. The third kappa shape index (κ3) is 5.20. The Hall–Kier alpha value is -3.31. The molecule has 182 valence electrons. The lowest BCUT2D eigenvalue weighted by Crippen LogP contribution is -2.10. The van der Waals surface area contributed by atoms with E-state index in [2.05, 4.69) is 61.5 Å². The van der Waals surface area contributed by atoms with Gasteiger partial charge in [-0.3, -0.25) is 4.79 Å². The molecular formula is C30H32O5. The summed E-state index contributed by atoms with van der Waals surface area (Å²) in [7, 11) is 0. The number of carbonyl (C=O) groups is 1. The number of carboxylic acids is 1. The van der Waals surface area contributed by atoms with Gasteiger partial charge < -0.3 is 19.3 Å². The normalized spacial score (nSPS) is 17.8. The van der Waals surface area contributed by atoms with Gasteiger partial charge in [0.05, 0.1) is 12.5 Å². The molecule has 1 fully saturated rings. The molecule has 0 bridgehead atoms. The van der Waals surface area contributed by atoms with Gasteiger partial charge in [0, 0.05) is 17.7 Å². The second-order valence-electron chi connectivity index (χ2n) is 9.47. The van der Waals surface area contributed by atoms with Crippen molar-refractivity contribution in [3.05, 3.63) is 82.4 Å². The second kappa shape index (κ2) is 10.1. The molecular weight excluding hydrogens is 440 g/mol. The maximum atomic E-state index is 11.1. The molecule has 2 atom stereocenters. The standard InChI is InChI=1S/C30H32O5/c1-3-33-12-13-34-24-14-19(2)29-23(16-24)18-35-28-11-8-21(15-27(28)29)5-4-20-6-9-22(10-7-20)25-17-26(25)30(31)32/h6-11,14-16,25-26H,3-5,12-13,17-18H2,1-2H3,(H,31,32)/t25-,26+/m1/s1. The largest absolute Gasteiger partial charge is 0.491 e. The number of aryl methyl sites for hydroxylation is 3. The van der Waals surface area contributed by atoms with Crippen molar-refractivity contribution in [2.45, 2.75) is 45.6 Å². The van der Waals surface area contributed by atoms with Gasteiger partial charge in [-0.2, -0.15) is 0 Å². The fraction of sp³-hybridized carbons (Fsp3) is 0.367. The first kappa shape index (κ1) is 23.4. The van der Waals surface area contributed by atoms with Crippen LogP contribution in [-0.2, 0) is 29.0 Å². The highest BCUT2D eigenvalue weighted by Crippen LogP contribution is 2.47. The molecule has 0 aromatic heterocycles. The van der Waals surface area contributed by atoms with Gasteiger partial charge in [0.15, 0.2) is 0 Å². The summed E-state index contributed by atoms with van der Waals surface area (Å²) in [5, 5.41) is 9.16. The third-order valence-corrected chi connectivity index (χ3v) is 7.01. The fourth-order valence-electron chi connectivity index (χ4n) is 5.04. The average molecular weight is 473 g/mol. The van der Waals surface area contributed by atoms with E-state index in [4.69, 9.17) is 19.3 Å². The van der Waals surface area contributed by atoms with Gasteiger partial charge >= 0.3 is 5.97 Å². The van der Waals surface area contributed by atoms with Gasteiger partial charge in [-0.25, -0.2) is 0 Å². The average Bonchev–Trinajstić information content (AvgIpc) is 3.67. The number of aliphatic carboxylic acids is 1. The molecule has 1 aliphatic carbocycles. The van der Waals surface area contributed by atoms with E-state index in [1.54, 1.807) is 0 Å². The van der Waals surface area contributed by atoms with Crippen molar-refractivity contribution in [3.63, 3.8) is 0 Å². The van der Waals surface area contributed by atoms with Crippen LogP contribution in [0.2, 0.25) is 0 Å². The van der Waals surface area contributed by atoms with E-state index in [1.165, 1.54) is 22.3 Å². The van der Waals surface area contributed by atoms with Crippen LogP contribution in [0.3, 0.4) is 0 Å². The molecule has 5 rings (SSSR count). The molecule has 0 radical (unpaired) electrons. The molecule has 3 aromatic rings. The monoisotopic (exact) mass is 472 g/mol. The zero-order chi connectivity index (χ0) is 24.4. The van der Waals surface area contributed by atoms with Gasteiger partial charge in [-0.15, -0.1) is 0 Å². The molecule has 5 heteroatoms. The Bertz CT molecular complexity index is 1210. The Morgan fingerprint density at radius 3 is 2.54 bits per heavy atom. The first-order valence-electron chi connectivity index (χ1n) is 12.4. The zero-order valence-electron chi connectivity index (χ0n) is 20.4. The molecule has 5 nitrogen and oxygen atoms in total. The lowest BCUT2D eigenvalue weighted by molar-refractivity contribution is -0.138. The number of rotatable bonds is 10. The van der Waals surface area contributed by atoms with Gasteiger partial charge in [0.25, 0.3) is 0 Å². The Morgan fingerprint density at radius 1 is 1.03 bits per heavy atom. The van der Waals surface area contributed by atoms with Gasteiger partial charge in [0.2, 0.25) is 0 Å². The summed E-state index contributed by atoms with van der Waals surface area (Å²) in [5.74, 6) is 1.07. The molecule has 1 saturated carbocycles. The van der Waals surface area contributed by atoms with Crippen LogP contribution in [0.4, 0.5) is 0 Å². The number of hydrogen-bond donors (Lipinski definition) is 1. The molecule has 2 aliphatic rings. The van der Waals surface area contributed by atoms with Crippen molar-refractivity contribution in [3.8, 4) is 22.6 Å². The Morgan fingerprint density at radius 2 is 1.80 bits per heavy atom. The molecule has 0 amide bonds.